The van der Waals surface area contributed by atoms with Crippen molar-refractivity contribution in [3.63, 3.8) is 0 Å². The lowest BCUT2D eigenvalue weighted by molar-refractivity contribution is -0.137. The van der Waals surface area contributed by atoms with Gasteiger partial charge in [-0.1, -0.05) is 0 Å². The third-order valence-corrected chi connectivity index (χ3v) is 4.38. The highest BCUT2D eigenvalue weighted by molar-refractivity contribution is 5.94. The number of carboxylic acid groups (broad SMARTS) is 2. The molecule has 0 spiro atoms. The number of nitrogens with zero attached hydrogens (tertiary/aromatic N) is 2. The summed E-state index contributed by atoms with van der Waals surface area (Å²) in [4.78, 5) is 36.5. The fourth-order valence-electron chi connectivity index (χ4n) is 3.21. The lowest BCUT2D eigenvalue weighted by Crippen LogP contribution is -2.30. The van der Waals surface area contributed by atoms with Crippen molar-refractivity contribution in [2.24, 2.45) is 0 Å². The average Bonchev–Trinajstić information content (AvgIpc) is 2.57. The first-order chi connectivity index (χ1) is 11.9. The van der Waals surface area contributed by atoms with E-state index in [1.807, 2.05) is 4.90 Å². The largest absolute Gasteiger partial charge is 0.480 e. The van der Waals surface area contributed by atoms with Crippen molar-refractivity contribution in [2.75, 3.05) is 18.0 Å². The maximum absolute atomic E-state index is 14.6. The maximum atomic E-state index is 14.6. The van der Waals surface area contributed by atoms with Gasteiger partial charge in [0.05, 0.1) is 11.2 Å². The number of aromatic carboxylic acids is 1. The van der Waals surface area contributed by atoms with Crippen molar-refractivity contribution >= 4 is 28.5 Å². The van der Waals surface area contributed by atoms with Crippen molar-refractivity contribution < 1.29 is 24.2 Å². The maximum Gasteiger partial charge on any atom is 0.341 e. The first kappa shape index (κ1) is 16.9. The van der Waals surface area contributed by atoms with Crippen LogP contribution in [0.3, 0.4) is 0 Å². The molecule has 1 aliphatic rings. The predicted molar refractivity (Wildman–Crippen MR) is 88.8 cm³/mol. The molecular formula is C17H17FN2O5. The van der Waals surface area contributed by atoms with E-state index in [0.717, 1.165) is 36.1 Å². The van der Waals surface area contributed by atoms with Crippen LogP contribution >= 0.6 is 0 Å². The Hall–Kier alpha value is -2.90. The summed E-state index contributed by atoms with van der Waals surface area (Å²) < 4.78 is 15.7. The van der Waals surface area contributed by atoms with Gasteiger partial charge in [0.25, 0.3) is 0 Å². The molecule has 25 heavy (non-hydrogen) atoms. The molecule has 0 bridgehead atoms. The molecule has 0 saturated carbocycles. The Morgan fingerprint density at radius 3 is 2.40 bits per heavy atom. The molecule has 0 unspecified atom stereocenters. The van der Waals surface area contributed by atoms with Gasteiger partial charge < -0.3 is 19.7 Å². The van der Waals surface area contributed by atoms with E-state index in [2.05, 4.69) is 0 Å². The third-order valence-electron chi connectivity index (χ3n) is 4.38. The van der Waals surface area contributed by atoms with E-state index >= 15 is 0 Å². The van der Waals surface area contributed by atoms with Crippen LogP contribution in [0.2, 0.25) is 0 Å². The van der Waals surface area contributed by atoms with Crippen molar-refractivity contribution in [1.82, 2.24) is 4.57 Å². The van der Waals surface area contributed by atoms with Gasteiger partial charge in [-0.15, -0.1) is 0 Å². The van der Waals surface area contributed by atoms with E-state index in [1.165, 1.54) is 6.07 Å². The topological polar surface area (TPSA) is 99.8 Å². The van der Waals surface area contributed by atoms with Crippen LogP contribution in [0.1, 0.15) is 29.6 Å². The Morgan fingerprint density at radius 2 is 1.80 bits per heavy atom. The highest BCUT2D eigenvalue weighted by Gasteiger charge is 2.21. The van der Waals surface area contributed by atoms with Crippen molar-refractivity contribution in [2.45, 2.75) is 25.8 Å². The first-order valence-electron chi connectivity index (χ1n) is 7.95. The smallest absolute Gasteiger partial charge is 0.341 e. The molecule has 1 aliphatic heterocycles. The third kappa shape index (κ3) is 3.19. The molecule has 0 atom stereocenters. The minimum Gasteiger partial charge on any atom is -0.480 e. The second-order valence-electron chi connectivity index (χ2n) is 6.07. The zero-order chi connectivity index (χ0) is 18.1. The molecule has 1 saturated heterocycles. The minimum absolute atomic E-state index is 0.139. The van der Waals surface area contributed by atoms with Crippen LogP contribution in [0, 0.1) is 5.82 Å². The number of benzene rings is 1. The van der Waals surface area contributed by atoms with Gasteiger partial charge in [0.15, 0.2) is 0 Å². The number of piperidine rings is 1. The van der Waals surface area contributed by atoms with Gasteiger partial charge >= 0.3 is 11.9 Å². The van der Waals surface area contributed by atoms with E-state index < -0.39 is 35.3 Å². The van der Waals surface area contributed by atoms with E-state index in [-0.39, 0.29) is 10.9 Å². The number of carboxylic acids is 2. The number of halogens is 1. The fourth-order valence-corrected chi connectivity index (χ4v) is 3.21. The van der Waals surface area contributed by atoms with Crippen LogP contribution < -0.4 is 10.3 Å². The molecule has 1 fully saturated rings. The number of anilines is 1. The second-order valence-corrected chi connectivity index (χ2v) is 6.07. The molecule has 3 rings (SSSR count). The SMILES string of the molecule is O=C(O)Cn1cc(C(=O)O)c(=O)c2cc(F)c(N3CCCCC3)cc21. The summed E-state index contributed by atoms with van der Waals surface area (Å²) in [5.74, 6) is -3.28. The molecular weight excluding hydrogens is 331 g/mol. The number of aliphatic carboxylic acids is 1. The summed E-state index contributed by atoms with van der Waals surface area (Å²) in [6, 6.07) is 2.44. The normalized spacial score (nSPS) is 14.7. The quantitative estimate of drug-likeness (QED) is 0.876. The van der Waals surface area contributed by atoms with E-state index in [1.54, 1.807) is 0 Å². The van der Waals surface area contributed by atoms with Crippen LogP contribution in [-0.2, 0) is 11.3 Å². The number of hydrogen-bond acceptors (Lipinski definition) is 4. The molecule has 1 aromatic carbocycles. The van der Waals surface area contributed by atoms with Crippen LogP contribution in [0.25, 0.3) is 10.9 Å². The van der Waals surface area contributed by atoms with Crippen LogP contribution in [-0.4, -0.2) is 39.8 Å². The Balaban J connectivity index is 2.26. The zero-order valence-electron chi connectivity index (χ0n) is 13.4. The van der Waals surface area contributed by atoms with Gasteiger partial charge in [0, 0.05) is 24.7 Å². The number of fused-ring (bicyclic) bond motifs is 1. The zero-order valence-corrected chi connectivity index (χ0v) is 13.4. The molecule has 2 heterocycles. The summed E-state index contributed by atoms with van der Waals surface area (Å²) in [6.07, 6.45) is 3.92. The summed E-state index contributed by atoms with van der Waals surface area (Å²) in [5.41, 5.74) is -0.903. The highest BCUT2D eigenvalue weighted by Crippen LogP contribution is 2.27. The molecule has 8 heteroatoms. The van der Waals surface area contributed by atoms with Gasteiger partial charge in [0.1, 0.15) is 17.9 Å². The fraction of sp³-hybridized carbons (Fsp3) is 0.353. The number of pyridine rings is 1. The van der Waals surface area contributed by atoms with Gasteiger partial charge in [-0.3, -0.25) is 9.59 Å². The summed E-state index contributed by atoms with van der Waals surface area (Å²) in [7, 11) is 0. The van der Waals surface area contributed by atoms with Gasteiger partial charge in [0.2, 0.25) is 5.43 Å². The van der Waals surface area contributed by atoms with Crippen molar-refractivity contribution in [3.05, 3.63) is 39.9 Å². The standard InChI is InChI=1S/C17H17FN2O5/c18-12-6-10-13(7-14(12)19-4-2-1-3-5-19)20(9-15(21)22)8-11(16(10)23)17(24)25/h6-8H,1-5,9H2,(H,21,22)(H,24,25). The van der Waals surface area contributed by atoms with Gasteiger partial charge in [-0.2, -0.15) is 0 Å². The molecule has 0 amide bonds. The minimum atomic E-state index is -1.48. The molecule has 132 valence electrons. The Morgan fingerprint density at radius 1 is 1.12 bits per heavy atom. The number of hydrogen-bond donors (Lipinski definition) is 2. The molecule has 2 N–H and O–H groups in total. The summed E-state index contributed by atoms with van der Waals surface area (Å²) >= 11 is 0. The van der Waals surface area contributed by atoms with Crippen molar-refractivity contribution in [1.29, 1.82) is 0 Å². The van der Waals surface area contributed by atoms with Crippen LogP contribution in [0.5, 0.6) is 0 Å². The lowest BCUT2D eigenvalue weighted by atomic mass is 10.1. The monoisotopic (exact) mass is 348 g/mol. The molecule has 7 nitrogen and oxygen atoms in total. The summed E-state index contributed by atoms with van der Waals surface area (Å²) in [6.45, 7) is 0.833. The second kappa shape index (κ2) is 6.54. The molecule has 0 radical (unpaired) electrons. The lowest BCUT2D eigenvalue weighted by Gasteiger charge is -2.29. The van der Waals surface area contributed by atoms with E-state index in [4.69, 9.17) is 10.2 Å². The average molecular weight is 348 g/mol. The molecule has 2 aromatic rings. The van der Waals surface area contributed by atoms with Gasteiger partial charge in [-0.25, -0.2) is 9.18 Å². The Bertz CT molecular complexity index is 915. The Labute approximate surface area is 141 Å². The van der Waals surface area contributed by atoms with Crippen LogP contribution in [0.15, 0.2) is 23.1 Å². The first-order valence-corrected chi connectivity index (χ1v) is 7.95. The van der Waals surface area contributed by atoms with Crippen molar-refractivity contribution in [3.8, 4) is 0 Å². The summed E-state index contributed by atoms with van der Waals surface area (Å²) in [5, 5.41) is 18.1. The number of aromatic nitrogens is 1. The highest BCUT2D eigenvalue weighted by atomic mass is 19.1. The van der Waals surface area contributed by atoms with E-state index in [9.17, 15) is 18.8 Å². The Kier molecular flexibility index (Phi) is 4.43. The number of rotatable bonds is 4. The van der Waals surface area contributed by atoms with Crippen LogP contribution in [0.4, 0.5) is 10.1 Å². The molecule has 1 aromatic heterocycles. The predicted octanol–water partition coefficient (Wildman–Crippen LogP) is 1.91. The van der Waals surface area contributed by atoms with Gasteiger partial charge in [-0.05, 0) is 31.4 Å². The molecule has 0 aliphatic carbocycles. The van der Waals surface area contributed by atoms with E-state index in [0.29, 0.717) is 18.8 Å². The number of carbonyl (C=O) groups is 2.